The van der Waals surface area contributed by atoms with Gasteiger partial charge in [0.15, 0.2) is 0 Å². The zero-order valence-corrected chi connectivity index (χ0v) is 22.7. The predicted octanol–water partition coefficient (Wildman–Crippen LogP) is 5.98. The summed E-state index contributed by atoms with van der Waals surface area (Å²) in [6.07, 6.45) is 3.45. The van der Waals surface area contributed by atoms with E-state index in [9.17, 15) is 4.79 Å². The van der Waals surface area contributed by atoms with Crippen molar-refractivity contribution < 1.29 is 18.4 Å². The molecule has 10 nitrogen and oxygen atoms in total. The fourth-order valence-electron chi connectivity index (χ4n) is 4.50. The fourth-order valence-corrected chi connectivity index (χ4v) is 4.86. The molecule has 41 heavy (non-hydrogen) atoms. The molecule has 0 bridgehead atoms. The van der Waals surface area contributed by atoms with Crippen molar-refractivity contribution in [3.05, 3.63) is 107 Å². The molecule has 0 fully saturated rings. The van der Waals surface area contributed by atoms with Crippen LogP contribution in [-0.2, 0) is 6.54 Å². The summed E-state index contributed by atoms with van der Waals surface area (Å²) in [5.41, 5.74) is 7.43. The molecule has 3 aromatic heterocycles. The van der Waals surface area contributed by atoms with Crippen LogP contribution in [0.3, 0.4) is 0 Å². The summed E-state index contributed by atoms with van der Waals surface area (Å²) >= 11 is 6.58. The predicted molar refractivity (Wildman–Crippen MR) is 153 cm³/mol. The van der Waals surface area contributed by atoms with E-state index in [4.69, 9.17) is 20.9 Å². The van der Waals surface area contributed by atoms with Gasteiger partial charge in [-0.15, -0.1) is 0 Å². The zero-order chi connectivity index (χ0) is 28.5. The molecule has 2 N–H and O–H groups in total. The number of anilines is 1. The molecular weight excluding hydrogens is 549 g/mol. The number of amides is 1. The van der Waals surface area contributed by atoms with Gasteiger partial charge in [-0.25, -0.2) is 18.7 Å². The standard InChI is InChI=1S/C29H23ClFN7O3/c1-17-12-20(27(21(30)13-17)37-11-5-10-33-37)18-8-9-19(22(31)14-18)16-32-29-34-23-6-3-4-7-24(23)38(29)35-28(39)25-15-26(40-2)36-41-25/h3-15H,16H2,1-2H3,(H,32,34)(H,35,39). The van der Waals surface area contributed by atoms with Gasteiger partial charge in [0.05, 0.1) is 34.9 Å². The summed E-state index contributed by atoms with van der Waals surface area (Å²) < 4.78 is 28.6. The number of para-hydroxylation sites is 2. The summed E-state index contributed by atoms with van der Waals surface area (Å²) in [5.74, 6) is -0.543. The molecule has 0 atom stereocenters. The van der Waals surface area contributed by atoms with Crippen LogP contribution in [-0.4, -0.2) is 37.6 Å². The number of methoxy groups -OCH3 is 1. The Kier molecular flexibility index (Phi) is 6.86. The third-order valence-corrected chi connectivity index (χ3v) is 6.73. The van der Waals surface area contributed by atoms with Crippen molar-refractivity contribution in [2.75, 3.05) is 17.9 Å². The van der Waals surface area contributed by atoms with Crippen LogP contribution in [0.4, 0.5) is 10.3 Å². The normalized spacial score (nSPS) is 11.1. The van der Waals surface area contributed by atoms with Crippen LogP contribution >= 0.6 is 11.6 Å². The lowest BCUT2D eigenvalue weighted by Gasteiger charge is -2.15. The summed E-state index contributed by atoms with van der Waals surface area (Å²) in [6.45, 7) is 2.03. The second-order valence-electron chi connectivity index (χ2n) is 9.19. The van der Waals surface area contributed by atoms with E-state index in [1.54, 1.807) is 41.3 Å². The van der Waals surface area contributed by atoms with Crippen molar-refractivity contribution in [2.24, 2.45) is 0 Å². The van der Waals surface area contributed by atoms with Gasteiger partial charge < -0.3 is 14.6 Å². The molecule has 6 aromatic rings. The second-order valence-corrected chi connectivity index (χ2v) is 9.59. The number of rotatable bonds is 8. The number of aromatic nitrogens is 5. The number of fused-ring (bicyclic) bond motifs is 1. The number of benzene rings is 3. The number of imidazole rings is 1. The highest BCUT2D eigenvalue weighted by Crippen LogP contribution is 2.34. The number of hydrogen-bond donors (Lipinski definition) is 2. The lowest BCUT2D eigenvalue weighted by atomic mass is 9.99. The van der Waals surface area contributed by atoms with Gasteiger partial charge in [0.1, 0.15) is 5.82 Å². The van der Waals surface area contributed by atoms with Gasteiger partial charge in [-0.05, 0) is 59.6 Å². The Hall–Kier alpha value is -5.16. The average molecular weight is 572 g/mol. The van der Waals surface area contributed by atoms with Gasteiger partial charge in [-0.2, -0.15) is 5.10 Å². The van der Waals surface area contributed by atoms with Gasteiger partial charge in [-0.1, -0.05) is 35.9 Å². The Morgan fingerprint density at radius 1 is 1.12 bits per heavy atom. The number of nitrogens with zero attached hydrogens (tertiary/aromatic N) is 5. The topological polar surface area (TPSA) is 112 Å². The molecule has 3 heterocycles. The number of carbonyl (C=O) groups excluding carboxylic acids is 1. The molecule has 1 amide bonds. The van der Waals surface area contributed by atoms with Crippen molar-refractivity contribution in [3.8, 4) is 22.7 Å². The van der Waals surface area contributed by atoms with Crippen LogP contribution in [0.2, 0.25) is 5.02 Å². The molecule has 206 valence electrons. The molecule has 0 saturated heterocycles. The van der Waals surface area contributed by atoms with Gasteiger partial charge in [-0.3, -0.25) is 10.2 Å². The van der Waals surface area contributed by atoms with E-state index in [0.717, 1.165) is 11.1 Å². The summed E-state index contributed by atoms with van der Waals surface area (Å²) in [7, 11) is 1.42. The molecule has 0 aliphatic rings. The van der Waals surface area contributed by atoms with Crippen LogP contribution < -0.4 is 15.5 Å². The molecule has 6 rings (SSSR count). The molecule has 0 radical (unpaired) electrons. The number of hydrogen-bond acceptors (Lipinski definition) is 7. The smallest absolute Gasteiger partial charge is 0.308 e. The number of halogens is 2. The van der Waals surface area contributed by atoms with E-state index in [-0.39, 0.29) is 18.2 Å². The van der Waals surface area contributed by atoms with Crippen LogP contribution in [0.25, 0.3) is 27.8 Å². The third kappa shape index (κ3) is 5.10. The molecule has 0 saturated carbocycles. The maximum Gasteiger partial charge on any atom is 0.308 e. The van der Waals surface area contributed by atoms with E-state index in [1.165, 1.54) is 23.9 Å². The Morgan fingerprint density at radius 3 is 2.73 bits per heavy atom. The number of nitrogens with one attached hydrogen (secondary N) is 2. The van der Waals surface area contributed by atoms with Crippen molar-refractivity contribution in [1.29, 1.82) is 0 Å². The van der Waals surface area contributed by atoms with E-state index < -0.39 is 11.7 Å². The van der Waals surface area contributed by atoms with Crippen LogP contribution in [0, 0.1) is 12.7 Å². The summed E-state index contributed by atoms with van der Waals surface area (Å²) in [4.78, 5) is 17.4. The first-order valence-electron chi connectivity index (χ1n) is 12.5. The number of carbonyl (C=O) groups is 1. The van der Waals surface area contributed by atoms with Gasteiger partial charge in [0, 0.05) is 30.1 Å². The third-order valence-electron chi connectivity index (χ3n) is 6.44. The number of ether oxygens (including phenoxy) is 1. The highest BCUT2D eigenvalue weighted by atomic mass is 35.5. The van der Waals surface area contributed by atoms with Crippen molar-refractivity contribution in [2.45, 2.75) is 13.5 Å². The van der Waals surface area contributed by atoms with Crippen molar-refractivity contribution in [1.82, 2.24) is 24.6 Å². The van der Waals surface area contributed by atoms with Crippen LogP contribution in [0.15, 0.2) is 83.6 Å². The Bertz CT molecular complexity index is 1880. The van der Waals surface area contributed by atoms with Crippen molar-refractivity contribution >= 4 is 34.5 Å². The van der Waals surface area contributed by atoms with E-state index >= 15 is 4.39 Å². The molecule has 0 aliphatic carbocycles. The minimum absolute atomic E-state index is 0.0436. The number of aryl methyl sites for hydroxylation is 1. The highest BCUT2D eigenvalue weighted by Gasteiger charge is 2.19. The van der Waals surface area contributed by atoms with Crippen molar-refractivity contribution in [3.63, 3.8) is 0 Å². The summed E-state index contributed by atoms with van der Waals surface area (Å²) in [5, 5.41) is 11.6. The van der Waals surface area contributed by atoms with E-state index in [2.05, 4.69) is 26.0 Å². The summed E-state index contributed by atoms with van der Waals surface area (Å²) in [6, 6.07) is 19.2. The first-order chi connectivity index (χ1) is 19.9. The van der Waals surface area contributed by atoms with Gasteiger partial charge in [0.25, 0.3) is 5.88 Å². The van der Waals surface area contributed by atoms with Gasteiger partial charge >= 0.3 is 5.91 Å². The Balaban J connectivity index is 1.28. The molecule has 0 aliphatic heterocycles. The second kappa shape index (κ2) is 10.8. The minimum atomic E-state index is -0.563. The quantitative estimate of drug-likeness (QED) is 0.231. The average Bonchev–Trinajstić information content (AvgIpc) is 3.73. The fraction of sp³-hybridized carbons (Fsp3) is 0.103. The van der Waals surface area contributed by atoms with E-state index in [0.29, 0.717) is 38.8 Å². The molecule has 12 heteroatoms. The zero-order valence-electron chi connectivity index (χ0n) is 21.9. The van der Waals surface area contributed by atoms with E-state index in [1.807, 2.05) is 37.3 Å². The molecule has 0 spiro atoms. The first kappa shape index (κ1) is 26.1. The maximum absolute atomic E-state index is 15.5. The molecule has 0 unspecified atom stereocenters. The Morgan fingerprint density at radius 2 is 1.98 bits per heavy atom. The van der Waals surface area contributed by atoms with Crippen LogP contribution in [0.1, 0.15) is 21.7 Å². The molecular formula is C29H23ClFN7O3. The largest absolute Gasteiger partial charge is 0.479 e. The highest BCUT2D eigenvalue weighted by molar-refractivity contribution is 6.33. The minimum Gasteiger partial charge on any atom is -0.479 e. The monoisotopic (exact) mass is 571 g/mol. The first-order valence-corrected chi connectivity index (χ1v) is 12.9. The Labute approximate surface area is 238 Å². The van der Waals surface area contributed by atoms with Crippen LogP contribution in [0.5, 0.6) is 5.88 Å². The molecule has 3 aromatic carbocycles. The lowest BCUT2D eigenvalue weighted by molar-refractivity contribution is 0.0973. The SMILES string of the molecule is COc1cc(C(=O)Nn2c(NCc3ccc(-c4cc(C)cc(Cl)c4-n4cccn4)cc3F)nc3ccccc32)on1. The maximum atomic E-state index is 15.5. The van der Waals surface area contributed by atoms with Gasteiger partial charge in [0.2, 0.25) is 11.7 Å². The lowest BCUT2D eigenvalue weighted by Crippen LogP contribution is -2.24.